The van der Waals surface area contributed by atoms with Crippen LogP contribution >= 0.6 is 11.3 Å². The summed E-state index contributed by atoms with van der Waals surface area (Å²) >= 11 is 1.45. The van der Waals surface area contributed by atoms with Crippen molar-refractivity contribution in [3.63, 3.8) is 0 Å². The van der Waals surface area contributed by atoms with Gasteiger partial charge in [0.25, 0.3) is 5.56 Å². The molecule has 2 N–H and O–H groups in total. The first-order valence-electron chi connectivity index (χ1n) is 7.31. The molecule has 0 aliphatic heterocycles. The fourth-order valence-electron chi connectivity index (χ4n) is 2.27. The Morgan fingerprint density at radius 2 is 2.21 bits per heavy atom. The molecule has 0 unspecified atom stereocenters. The summed E-state index contributed by atoms with van der Waals surface area (Å²) in [4.78, 5) is 32.8. The van der Waals surface area contributed by atoms with E-state index in [9.17, 15) is 9.59 Å². The van der Waals surface area contributed by atoms with Crippen molar-refractivity contribution in [2.75, 3.05) is 0 Å². The van der Waals surface area contributed by atoms with Crippen molar-refractivity contribution in [3.05, 3.63) is 50.3 Å². The van der Waals surface area contributed by atoms with Crippen LogP contribution in [0.2, 0.25) is 0 Å². The molecule has 0 saturated carbocycles. The van der Waals surface area contributed by atoms with E-state index in [1.54, 1.807) is 12.1 Å². The Bertz CT molecular complexity index is 997. The third-order valence-electron chi connectivity index (χ3n) is 3.56. The molecule has 0 radical (unpaired) electrons. The summed E-state index contributed by atoms with van der Waals surface area (Å²) < 4.78 is 5.30. The maximum atomic E-state index is 12.2. The lowest BCUT2D eigenvalue weighted by molar-refractivity contribution is -0.120. The first kappa shape index (κ1) is 16.1. The Kier molecular flexibility index (Phi) is 4.30. The summed E-state index contributed by atoms with van der Waals surface area (Å²) in [6.45, 7) is 5.66. The van der Waals surface area contributed by atoms with E-state index < -0.39 is 0 Å². The zero-order valence-corrected chi connectivity index (χ0v) is 14.3. The molecule has 0 aromatic carbocycles. The SMILES string of the molecule is Cc1ccc(/C=N\NC(=O)Cc2nc3sc(C)c(C)c3c(=O)[nH]2)o1. The highest BCUT2D eigenvalue weighted by molar-refractivity contribution is 7.18. The fourth-order valence-corrected chi connectivity index (χ4v) is 3.31. The second-order valence-corrected chi connectivity index (χ2v) is 6.60. The highest BCUT2D eigenvalue weighted by atomic mass is 32.1. The quantitative estimate of drug-likeness (QED) is 0.559. The van der Waals surface area contributed by atoms with Crippen LogP contribution in [0.5, 0.6) is 0 Å². The minimum Gasteiger partial charge on any atom is -0.460 e. The van der Waals surface area contributed by atoms with Gasteiger partial charge in [-0.05, 0) is 38.5 Å². The van der Waals surface area contributed by atoms with E-state index in [1.165, 1.54) is 17.6 Å². The first-order chi connectivity index (χ1) is 11.4. The Balaban J connectivity index is 1.71. The normalized spacial score (nSPS) is 11.5. The number of thiophene rings is 1. The number of nitrogens with zero attached hydrogens (tertiary/aromatic N) is 2. The molecule has 0 atom stereocenters. The lowest BCUT2D eigenvalue weighted by Gasteiger charge is -2.00. The Hall–Kier alpha value is -2.74. The molecule has 3 rings (SSSR count). The minimum atomic E-state index is -0.373. The molecule has 0 spiro atoms. The summed E-state index contributed by atoms with van der Waals surface area (Å²) in [5, 5.41) is 4.41. The summed E-state index contributed by atoms with van der Waals surface area (Å²) in [6, 6.07) is 3.55. The number of hydrazone groups is 1. The van der Waals surface area contributed by atoms with Crippen LogP contribution in [0.15, 0.2) is 26.4 Å². The molecule has 24 heavy (non-hydrogen) atoms. The van der Waals surface area contributed by atoms with Gasteiger partial charge in [-0.1, -0.05) is 0 Å². The van der Waals surface area contributed by atoms with E-state index in [4.69, 9.17) is 4.42 Å². The van der Waals surface area contributed by atoms with Crippen molar-refractivity contribution in [3.8, 4) is 0 Å². The predicted octanol–water partition coefficient (Wildman–Crippen LogP) is 2.20. The molecule has 124 valence electrons. The van der Waals surface area contributed by atoms with Crippen LogP contribution < -0.4 is 11.0 Å². The molecular weight excluding hydrogens is 328 g/mol. The number of rotatable bonds is 4. The molecule has 0 fully saturated rings. The number of aromatic nitrogens is 2. The number of nitrogens with one attached hydrogen (secondary N) is 2. The van der Waals surface area contributed by atoms with Crippen LogP contribution in [0.1, 0.15) is 27.8 Å². The molecule has 3 heterocycles. The topological polar surface area (TPSA) is 100 Å². The second-order valence-electron chi connectivity index (χ2n) is 5.39. The Morgan fingerprint density at radius 3 is 2.92 bits per heavy atom. The molecule has 3 aromatic heterocycles. The Labute approximate surface area is 141 Å². The van der Waals surface area contributed by atoms with Crippen LogP contribution in [0.25, 0.3) is 10.2 Å². The lowest BCUT2D eigenvalue weighted by atomic mass is 10.2. The molecule has 0 aliphatic rings. The van der Waals surface area contributed by atoms with E-state index >= 15 is 0 Å². The number of hydrogen-bond acceptors (Lipinski definition) is 6. The third kappa shape index (κ3) is 3.28. The van der Waals surface area contributed by atoms with Crippen molar-refractivity contribution in [1.29, 1.82) is 0 Å². The molecule has 0 aliphatic carbocycles. The van der Waals surface area contributed by atoms with Gasteiger partial charge in [0.2, 0.25) is 5.91 Å². The van der Waals surface area contributed by atoms with E-state index in [1.807, 2.05) is 20.8 Å². The van der Waals surface area contributed by atoms with Gasteiger partial charge in [0.15, 0.2) is 0 Å². The highest BCUT2D eigenvalue weighted by Crippen LogP contribution is 2.25. The Morgan fingerprint density at radius 1 is 1.42 bits per heavy atom. The predicted molar refractivity (Wildman–Crippen MR) is 92.6 cm³/mol. The number of aryl methyl sites for hydroxylation is 3. The standard InChI is InChI=1S/C16H16N4O3S/c1-8-4-5-11(23-8)7-17-20-13(21)6-12-18-15(22)14-9(2)10(3)24-16(14)19-12/h4-5,7H,6H2,1-3H3,(H,20,21)(H,18,19,22)/b17-7-. The van der Waals surface area contributed by atoms with Crippen molar-refractivity contribution < 1.29 is 9.21 Å². The van der Waals surface area contributed by atoms with Gasteiger partial charge in [0.1, 0.15) is 22.2 Å². The number of amides is 1. The van der Waals surface area contributed by atoms with Crippen molar-refractivity contribution >= 4 is 33.7 Å². The average Bonchev–Trinajstić information content (AvgIpc) is 3.03. The monoisotopic (exact) mass is 344 g/mol. The van der Waals surface area contributed by atoms with E-state index in [0.29, 0.717) is 21.8 Å². The first-order valence-corrected chi connectivity index (χ1v) is 8.13. The zero-order chi connectivity index (χ0) is 17.3. The van der Waals surface area contributed by atoms with Gasteiger partial charge in [-0.3, -0.25) is 9.59 Å². The largest absolute Gasteiger partial charge is 0.460 e. The molecule has 3 aromatic rings. The van der Waals surface area contributed by atoms with Gasteiger partial charge in [-0.2, -0.15) is 5.10 Å². The molecular formula is C16H16N4O3S. The summed E-state index contributed by atoms with van der Waals surface area (Å²) in [5.41, 5.74) is 3.09. The summed E-state index contributed by atoms with van der Waals surface area (Å²) in [5.74, 6) is 1.25. The highest BCUT2D eigenvalue weighted by Gasteiger charge is 2.13. The zero-order valence-electron chi connectivity index (χ0n) is 13.5. The maximum absolute atomic E-state index is 12.2. The maximum Gasteiger partial charge on any atom is 0.259 e. The molecule has 1 amide bonds. The van der Waals surface area contributed by atoms with E-state index in [2.05, 4.69) is 20.5 Å². The molecule has 8 heteroatoms. The molecule has 0 saturated heterocycles. The van der Waals surface area contributed by atoms with Crippen LogP contribution in [0.3, 0.4) is 0 Å². The fraction of sp³-hybridized carbons (Fsp3) is 0.250. The van der Waals surface area contributed by atoms with E-state index in [0.717, 1.165) is 16.2 Å². The van der Waals surface area contributed by atoms with Gasteiger partial charge >= 0.3 is 0 Å². The van der Waals surface area contributed by atoms with Gasteiger partial charge in [-0.15, -0.1) is 11.3 Å². The lowest BCUT2D eigenvalue weighted by Crippen LogP contribution is -2.23. The number of H-pyrrole nitrogens is 1. The van der Waals surface area contributed by atoms with Crippen molar-refractivity contribution in [2.24, 2.45) is 5.10 Å². The van der Waals surface area contributed by atoms with Gasteiger partial charge in [0, 0.05) is 4.88 Å². The number of furan rings is 1. The van der Waals surface area contributed by atoms with Gasteiger partial charge in [0.05, 0.1) is 18.0 Å². The molecule has 0 bridgehead atoms. The van der Waals surface area contributed by atoms with Crippen LogP contribution in [0, 0.1) is 20.8 Å². The van der Waals surface area contributed by atoms with Gasteiger partial charge in [-0.25, -0.2) is 10.4 Å². The second kappa shape index (κ2) is 6.40. The van der Waals surface area contributed by atoms with Crippen LogP contribution in [-0.2, 0) is 11.2 Å². The van der Waals surface area contributed by atoms with Crippen molar-refractivity contribution in [1.82, 2.24) is 15.4 Å². The number of aromatic amines is 1. The minimum absolute atomic E-state index is 0.0598. The number of hydrogen-bond donors (Lipinski definition) is 2. The van der Waals surface area contributed by atoms with E-state index in [-0.39, 0.29) is 17.9 Å². The average molecular weight is 344 g/mol. The van der Waals surface area contributed by atoms with Gasteiger partial charge < -0.3 is 9.40 Å². The number of carbonyl (C=O) groups excluding carboxylic acids is 1. The molecule has 7 nitrogen and oxygen atoms in total. The summed E-state index contributed by atoms with van der Waals surface area (Å²) in [6.07, 6.45) is 1.35. The van der Waals surface area contributed by atoms with Crippen LogP contribution in [0.4, 0.5) is 0 Å². The smallest absolute Gasteiger partial charge is 0.259 e. The summed E-state index contributed by atoms with van der Waals surface area (Å²) in [7, 11) is 0. The van der Waals surface area contributed by atoms with Crippen molar-refractivity contribution in [2.45, 2.75) is 27.2 Å². The van der Waals surface area contributed by atoms with Crippen LogP contribution in [-0.4, -0.2) is 22.1 Å². The third-order valence-corrected chi connectivity index (χ3v) is 4.66. The number of carbonyl (C=O) groups is 1. The number of fused-ring (bicyclic) bond motifs is 1.